The smallest absolute Gasteiger partial charge is 0.256 e. The molecule has 4 rings (SSSR count). The Kier molecular flexibility index (Phi) is 6.59. The van der Waals surface area contributed by atoms with Gasteiger partial charge in [-0.3, -0.25) is 19.6 Å². The van der Waals surface area contributed by atoms with Gasteiger partial charge in [0, 0.05) is 55.9 Å². The minimum absolute atomic E-state index is 0.00832. The predicted molar refractivity (Wildman–Crippen MR) is 124 cm³/mol. The average Bonchev–Trinajstić information content (AvgIpc) is 2.82. The fourth-order valence-electron chi connectivity index (χ4n) is 4.35. The van der Waals surface area contributed by atoms with Crippen molar-refractivity contribution < 1.29 is 9.59 Å². The highest BCUT2D eigenvalue weighted by atomic mass is 16.2. The van der Waals surface area contributed by atoms with Crippen molar-refractivity contribution in [2.24, 2.45) is 0 Å². The Morgan fingerprint density at radius 2 is 1.88 bits per heavy atom. The number of amides is 2. The zero-order valence-electron chi connectivity index (χ0n) is 18.6. The van der Waals surface area contributed by atoms with Crippen LogP contribution in [0.25, 0.3) is 11.1 Å². The van der Waals surface area contributed by atoms with Gasteiger partial charge in [-0.1, -0.05) is 37.3 Å². The molecule has 0 N–H and O–H groups in total. The molecule has 0 saturated carbocycles. The molecule has 3 heterocycles. The largest absolute Gasteiger partial charge is 0.339 e. The Balaban J connectivity index is 1.70. The Hall–Kier alpha value is -3.54. The van der Waals surface area contributed by atoms with Crippen LogP contribution in [0.5, 0.6) is 0 Å². The van der Waals surface area contributed by atoms with Crippen LogP contribution in [0.4, 0.5) is 0 Å². The van der Waals surface area contributed by atoms with Gasteiger partial charge in [0.05, 0.1) is 5.56 Å². The molecule has 2 aromatic heterocycles. The first-order chi connectivity index (χ1) is 15.6. The zero-order valence-corrected chi connectivity index (χ0v) is 18.6. The highest BCUT2D eigenvalue weighted by Gasteiger charge is 2.38. The van der Waals surface area contributed by atoms with E-state index < -0.39 is 6.04 Å². The van der Waals surface area contributed by atoms with Crippen molar-refractivity contribution in [2.45, 2.75) is 32.7 Å². The summed E-state index contributed by atoms with van der Waals surface area (Å²) in [7, 11) is 0. The van der Waals surface area contributed by atoms with Crippen molar-refractivity contribution in [3.63, 3.8) is 0 Å². The van der Waals surface area contributed by atoms with E-state index in [1.54, 1.807) is 29.4 Å². The van der Waals surface area contributed by atoms with E-state index in [-0.39, 0.29) is 11.8 Å². The van der Waals surface area contributed by atoms with Gasteiger partial charge in [-0.2, -0.15) is 0 Å². The van der Waals surface area contributed by atoms with Crippen LogP contribution in [0.2, 0.25) is 0 Å². The van der Waals surface area contributed by atoms with Crippen molar-refractivity contribution in [2.75, 3.05) is 19.6 Å². The monoisotopic (exact) mass is 428 g/mol. The van der Waals surface area contributed by atoms with Crippen LogP contribution in [0.3, 0.4) is 0 Å². The summed E-state index contributed by atoms with van der Waals surface area (Å²) in [6.45, 7) is 5.66. The van der Waals surface area contributed by atoms with E-state index in [4.69, 9.17) is 0 Å². The summed E-state index contributed by atoms with van der Waals surface area (Å²) in [4.78, 5) is 39.1. The van der Waals surface area contributed by atoms with E-state index in [1.807, 2.05) is 54.4 Å². The summed E-state index contributed by atoms with van der Waals surface area (Å²) in [5.41, 5.74) is 4.28. The van der Waals surface area contributed by atoms with Crippen LogP contribution in [-0.4, -0.2) is 57.3 Å². The lowest BCUT2D eigenvalue weighted by Gasteiger charge is -2.41. The number of aryl methyl sites for hydroxylation is 1. The second-order valence-corrected chi connectivity index (χ2v) is 8.08. The van der Waals surface area contributed by atoms with Crippen molar-refractivity contribution >= 4 is 11.8 Å². The molecule has 1 aliphatic heterocycles. The Morgan fingerprint density at radius 1 is 1.06 bits per heavy atom. The molecule has 32 heavy (non-hydrogen) atoms. The van der Waals surface area contributed by atoms with E-state index in [0.717, 1.165) is 23.1 Å². The van der Waals surface area contributed by atoms with Crippen molar-refractivity contribution in [3.8, 4) is 11.1 Å². The van der Waals surface area contributed by atoms with Crippen LogP contribution in [0.15, 0.2) is 67.1 Å². The van der Waals surface area contributed by atoms with Gasteiger partial charge >= 0.3 is 0 Å². The fourth-order valence-corrected chi connectivity index (χ4v) is 4.35. The third-order valence-electron chi connectivity index (χ3n) is 5.98. The molecule has 0 radical (unpaired) electrons. The van der Waals surface area contributed by atoms with E-state index in [9.17, 15) is 9.59 Å². The Morgan fingerprint density at radius 3 is 2.62 bits per heavy atom. The summed E-state index contributed by atoms with van der Waals surface area (Å²) < 4.78 is 0. The maximum absolute atomic E-state index is 13.5. The van der Waals surface area contributed by atoms with Crippen LogP contribution in [-0.2, 0) is 11.2 Å². The van der Waals surface area contributed by atoms with E-state index in [2.05, 4.69) is 16.9 Å². The summed E-state index contributed by atoms with van der Waals surface area (Å²) in [5.74, 6) is -0.127. The molecular weight excluding hydrogens is 400 g/mol. The Bertz CT molecular complexity index is 1100. The highest BCUT2D eigenvalue weighted by Crippen LogP contribution is 2.27. The molecule has 0 aliphatic carbocycles. The van der Waals surface area contributed by atoms with Gasteiger partial charge in [0.2, 0.25) is 5.91 Å². The lowest BCUT2D eigenvalue weighted by Crippen LogP contribution is -2.59. The number of rotatable bonds is 6. The number of nitrogens with zero attached hydrogens (tertiary/aromatic N) is 4. The number of piperazine rings is 1. The predicted octanol–water partition coefficient (Wildman–Crippen LogP) is 3.76. The van der Waals surface area contributed by atoms with E-state index in [0.29, 0.717) is 37.3 Å². The number of carbonyl (C=O) groups excluding carboxylic acids is 2. The summed E-state index contributed by atoms with van der Waals surface area (Å²) >= 11 is 0. The van der Waals surface area contributed by atoms with Crippen LogP contribution >= 0.6 is 0 Å². The van der Waals surface area contributed by atoms with Gasteiger partial charge in [0.15, 0.2) is 0 Å². The number of pyridine rings is 2. The van der Waals surface area contributed by atoms with Gasteiger partial charge in [-0.05, 0) is 42.7 Å². The molecule has 6 nitrogen and oxygen atoms in total. The molecule has 1 aromatic carbocycles. The third-order valence-corrected chi connectivity index (χ3v) is 5.98. The number of hydrogen-bond donors (Lipinski definition) is 0. The van der Waals surface area contributed by atoms with Gasteiger partial charge in [0.1, 0.15) is 6.04 Å². The summed E-state index contributed by atoms with van der Waals surface area (Å²) in [6, 6.07) is 15.0. The molecule has 1 unspecified atom stereocenters. The Labute approximate surface area is 188 Å². The number of benzene rings is 1. The fraction of sp³-hybridized carbons (Fsp3) is 0.308. The van der Waals surface area contributed by atoms with Crippen LogP contribution in [0.1, 0.15) is 35.0 Å². The minimum Gasteiger partial charge on any atom is -0.339 e. The molecule has 1 atom stereocenters. The van der Waals surface area contributed by atoms with Crippen molar-refractivity contribution in [3.05, 3.63) is 83.9 Å². The quantitative estimate of drug-likeness (QED) is 0.600. The third kappa shape index (κ3) is 4.40. The minimum atomic E-state index is -0.555. The van der Waals surface area contributed by atoms with E-state index >= 15 is 0 Å². The number of carbonyl (C=O) groups is 2. The number of aromatic nitrogens is 2. The normalized spacial score (nSPS) is 16.3. The van der Waals surface area contributed by atoms with Crippen LogP contribution < -0.4 is 0 Å². The van der Waals surface area contributed by atoms with E-state index in [1.165, 1.54) is 0 Å². The maximum atomic E-state index is 13.5. The molecule has 164 valence electrons. The lowest BCUT2D eigenvalue weighted by molar-refractivity contribution is -0.140. The first kappa shape index (κ1) is 21.7. The lowest BCUT2D eigenvalue weighted by atomic mass is 9.93. The SMILES string of the molecule is CCCN1CCN(C(=O)c2cccnc2C)C(Cc2ccccc2-c2cccnc2)C1=O. The first-order valence-corrected chi connectivity index (χ1v) is 11.1. The van der Waals surface area contributed by atoms with Gasteiger partial charge in [-0.25, -0.2) is 0 Å². The first-order valence-electron chi connectivity index (χ1n) is 11.1. The second-order valence-electron chi connectivity index (χ2n) is 8.08. The number of hydrogen-bond acceptors (Lipinski definition) is 4. The molecule has 1 aliphatic rings. The molecule has 1 fully saturated rings. The van der Waals surface area contributed by atoms with Crippen LogP contribution in [0, 0.1) is 6.92 Å². The standard InChI is InChI=1S/C26H28N4O2/c1-3-14-29-15-16-30(25(31)22-11-7-13-28-19(22)2)24(26(29)32)17-20-8-4-5-10-23(20)21-9-6-12-27-18-21/h4-13,18,24H,3,14-17H2,1-2H3. The van der Waals surface area contributed by atoms with Gasteiger partial charge in [-0.15, -0.1) is 0 Å². The molecule has 1 saturated heterocycles. The maximum Gasteiger partial charge on any atom is 0.256 e. The molecule has 2 amide bonds. The highest BCUT2D eigenvalue weighted by molar-refractivity contribution is 5.99. The van der Waals surface area contributed by atoms with Crippen molar-refractivity contribution in [1.29, 1.82) is 0 Å². The zero-order chi connectivity index (χ0) is 22.5. The molecule has 3 aromatic rings. The van der Waals surface area contributed by atoms with Gasteiger partial charge < -0.3 is 9.80 Å². The summed E-state index contributed by atoms with van der Waals surface area (Å²) in [6.07, 6.45) is 6.59. The van der Waals surface area contributed by atoms with Crippen molar-refractivity contribution in [1.82, 2.24) is 19.8 Å². The molecular formula is C26H28N4O2. The molecule has 0 bridgehead atoms. The molecule has 0 spiro atoms. The van der Waals surface area contributed by atoms with Gasteiger partial charge in [0.25, 0.3) is 5.91 Å². The summed E-state index contributed by atoms with van der Waals surface area (Å²) in [5, 5.41) is 0. The topological polar surface area (TPSA) is 66.4 Å². The second kappa shape index (κ2) is 9.73. The molecule has 6 heteroatoms. The average molecular weight is 429 g/mol.